The molecule has 3 heterocycles. The van der Waals surface area contributed by atoms with Crippen molar-refractivity contribution in [1.82, 2.24) is 14.8 Å². The number of thiophene rings is 1. The van der Waals surface area contributed by atoms with Crippen LogP contribution in [0.4, 0.5) is 0 Å². The van der Waals surface area contributed by atoms with Crippen LogP contribution in [0.3, 0.4) is 0 Å². The lowest BCUT2D eigenvalue weighted by Gasteiger charge is -2.45. The van der Waals surface area contributed by atoms with Gasteiger partial charge < -0.3 is 14.8 Å². The van der Waals surface area contributed by atoms with E-state index in [2.05, 4.69) is 12.2 Å². The molecule has 3 atom stereocenters. The van der Waals surface area contributed by atoms with E-state index in [0.717, 1.165) is 35.0 Å². The van der Waals surface area contributed by atoms with Crippen LogP contribution in [0.1, 0.15) is 55.6 Å². The highest BCUT2D eigenvalue weighted by Gasteiger charge is 2.48. The predicted molar refractivity (Wildman–Crippen MR) is 124 cm³/mol. The van der Waals surface area contributed by atoms with Gasteiger partial charge in [-0.05, 0) is 48.8 Å². The van der Waals surface area contributed by atoms with E-state index in [0.29, 0.717) is 24.7 Å². The number of carbonyl (C=O) groups is 2. The fraction of sp³-hybridized carbons (Fsp3) is 0.440. The molecule has 2 aliphatic rings. The fourth-order valence-electron chi connectivity index (χ4n) is 5.14. The van der Waals surface area contributed by atoms with Crippen LogP contribution in [-0.4, -0.2) is 32.9 Å². The molecule has 162 valence electrons. The summed E-state index contributed by atoms with van der Waals surface area (Å²) in [4.78, 5) is 29.2. The molecule has 1 saturated carbocycles. The Bertz CT molecular complexity index is 1120. The zero-order chi connectivity index (χ0) is 21.6. The quantitative estimate of drug-likeness (QED) is 0.639. The summed E-state index contributed by atoms with van der Waals surface area (Å²) >= 11 is 1.63. The van der Waals surface area contributed by atoms with Gasteiger partial charge in [-0.25, -0.2) is 0 Å². The van der Waals surface area contributed by atoms with Gasteiger partial charge in [0.05, 0.1) is 16.8 Å². The van der Waals surface area contributed by atoms with Crippen molar-refractivity contribution in [2.24, 2.45) is 5.92 Å². The van der Waals surface area contributed by atoms with E-state index >= 15 is 0 Å². The summed E-state index contributed by atoms with van der Waals surface area (Å²) in [7, 11) is 0. The third-order valence-electron chi connectivity index (χ3n) is 7.15. The number of carbonyl (C=O) groups excluding carboxylic acids is 2. The van der Waals surface area contributed by atoms with Crippen molar-refractivity contribution in [3.63, 3.8) is 0 Å². The minimum Gasteiger partial charge on any atom is -0.351 e. The Morgan fingerprint density at radius 3 is 2.74 bits per heavy atom. The van der Waals surface area contributed by atoms with Crippen LogP contribution < -0.4 is 5.32 Å². The summed E-state index contributed by atoms with van der Waals surface area (Å²) in [5.74, 6) is 0.347. The second-order valence-corrected chi connectivity index (χ2v) is 10.2. The average Bonchev–Trinajstić information content (AvgIpc) is 3.36. The van der Waals surface area contributed by atoms with Gasteiger partial charge >= 0.3 is 0 Å². The molecule has 2 amide bonds. The number of rotatable bonds is 4. The molecule has 0 radical (unpaired) electrons. The summed E-state index contributed by atoms with van der Waals surface area (Å²) < 4.78 is 3.13. The van der Waals surface area contributed by atoms with Crippen LogP contribution in [0, 0.1) is 5.92 Å². The van der Waals surface area contributed by atoms with Gasteiger partial charge in [0.1, 0.15) is 11.2 Å². The Morgan fingerprint density at radius 2 is 1.97 bits per heavy atom. The Balaban J connectivity index is 1.53. The minimum absolute atomic E-state index is 0.0433. The monoisotopic (exact) mass is 435 g/mol. The molecule has 0 unspecified atom stereocenters. The minimum atomic E-state index is -0.953. The SMILES string of the molecule is C[C@@H]1CCCC[C@H]1NC(=O)[C@]1(C)Cn2c(cc3sccc32)C(=O)N1Cc1ccccc1. The van der Waals surface area contributed by atoms with E-state index in [1.54, 1.807) is 16.2 Å². The van der Waals surface area contributed by atoms with Gasteiger partial charge in [0, 0.05) is 12.6 Å². The Hall–Kier alpha value is -2.60. The van der Waals surface area contributed by atoms with Crippen molar-refractivity contribution in [1.29, 1.82) is 0 Å². The van der Waals surface area contributed by atoms with Gasteiger partial charge in [-0.2, -0.15) is 0 Å². The van der Waals surface area contributed by atoms with Crippen LogP contribution in [0.25, 0.3) is 10.2 Å². The molecule has 0 spiro atoms. The first-order valence-electron chi connectivity index (χ1n) is 11.2. The van der Waals surface area contributed by atoms with Crippen molar-refractivity contribution >= 4 is 33.4 Å². The zero-order valence-electron chi connectivity index (χ0n) is 18.1. The number of hydrogen-bond acceptors (Lipinski definition) is 3. The Labute approximate surface area is 187 Å². The fourth-order valence-corrected chi connectivity index (χ4v) is 5.96. The van der Waals surface area contributed by atoms with E-state index in [4.69, 9.17) is 0 Å². The lowest BCUT2D eigenvalue weighted by molar-refractivity contribution is -0.134. The normalized spacial score (nSPS) is 26.1. The van der Waals surface area contributed by atoms with E-state index in [-0.39, 0.29) is 17.9 Å². The van der Waals surface area contributed by atoms with Gasteiger partial charge in [-0.15, -0.1) is 11.3 Å². The first-order valence-corrected chi connectivity index (χ1v) is 12.1. The van der Waals surface area contributed by atoms with Gasteiger partial charge in [0.25, 0.3) is 5.91 Å². The smallest absolute Gasteiger partial charge is 0.271 e. The van der Waals surface area contributed by atoms with Gasteiger partial charge in [-0.1, -0.05) is 50.1 Å². The third-order valence-corrected chi connectivity index (χ3v) is 8.00. The Morgan fingerprint density at radius 1 is 1.19 bits per heavy atom. The molecule has 2 aromatic heterocycles. The van der Waals surface area contributed by atoms with Gasteiger partial charge in [0.15, 0.2) is 0 Å². The molecule has 5 nitrogen and oxygen atoms in total. The molecular formula is C25H29N3O2S. The number of benzene rings is 1. The molecule has 1 N–H and O–H groups in total. The van der Waals surface area contributed by atoms with Crippen LogP contribution in [0.5, 0.6) is 0 Å². The topological polar surface area (TPSA) is 54.3 Å². The zero-order valence-corrected chi connectivity index (χ0v) is 19.0. The van der Waals surface area contributed by atoms with Gasteiger partial charge in [-0.3, -0.25) is 9.59 Å². The maximum absolute atomic E-state index is 13.8. The first kappa shape index (κ1) is 20.3. The van der Waals surface area contributed by atoms with Crippen molar-refractivity contribution < 1.29 is 9.59 Å². The van der Waals surface area contributed by atoms with Crippen molar-refractivity contribution in [3.05, 3.63) is 59.1 Å². The molecule has 6 heteroatoms. The highest BCUT2D eigenvalue weighted by atomic mass is 32.1. The molecule has 1 aliphatic carbocycles. The molecule has 1 aliphatic heterocycles. The van der Waals surface area contributed by atoms with Crippen LogP contribution in [0.15, 0.2) is 47.8 Å². The number of nitrogens with one attached hydrogen (secondary N) is 1. The third kappa shape index (κ3) is 3.47. The number of hydrogen-bond donors (Lipinski definition) is 1. The number of fused-ring (bicyclic) bond motifs is 3. The Kier molecular flexibility index (Phi) is 5.13. The second kappa shape index (κ2) is 7.83. The summed E-state index contributed by atoms with van der Waals surface area (Å²) in [6.07, 6.45) is 4.53. The standard InChI is InChI=1S/C25H29N3O2S/c1-17-8-6-7-11-19(17)26-24(30)25(2)16-27-20-12-13-31-22(20)14-21(27)23(29)28(25)15-18-9-4-3-5-10-18/h3-5,9-10,12-14,17,19H,6-8,11,15-16H2,1-2H3,(H,26,30)/t17-,19-,25+/m1/s1. The van der Waals surface area contributed by atoms with E-state index < -0.39 is 5.54 Å². The second-order valence-electron chi connectivity index (χ2n) is 9.28. The van der Waals surface area contributed by atoms with Crippen molar-refractivity contribution in [3.8, 4) is 0 Å². The molecule has 0 bridgehead atoms. The largest absolute Gasteiger partial charge is 0.351 e. The highest BCUT2D eigenvalue weighted by Crippen LogP contribution is 2.35. The van der Waals surface area contributed by atoms with Crippen LogP contribution in [-0.2, 0) is 17.9 Å². The van der Waals surface area contributed by atoms with Crippen LogP contribution >= 0.6 is 11.3 Å². The molecular weight excluding hydrogens is 406 g/mol. The lowest BCUT2D eigenvalue weighted by atomic mass is 9.85. The summed E-state index contributed by atoms with van der Waals surface area (Å²) in [5, 5.41) is 5.38. The summed E-state index contributed by atoms with van der Waals surface area (Å²) in [6.45, 7) is 5.04. The molecule has 5 rings (SSSR count). The number of amides is 2. The van der Waals surface area contributed by atoms with Gasteiger partial charge in [0.2, 0.25) is 5.91 Å². The number of nitrogens with zero attached hydrogens (tertiary/aromatic N) is 2. The maximum atomic E-state index is 13.8. The summed E-state index contributed by atoms with van der Waals surface area (Å²) in [6, 6.07) is 14.2. The molecule has 0 saturated heterocycles. The van der Waals surface area contributed by atoms with E-state index in [1.165, 1.54) is 6.42 Å². The highest BCUT2D eigenvalue weighted by molar-refractivity contribution is 7.17. The molecule has 31 heavy (non-hydrogen) atoms. The summed E-state index contributed by atoms with van der Waals surface area (Å²) in [5.41, 5.74) is 1.79. The van der Waals surface area contributed by atoms with E-state index in [1.807, 2.05) is 59.3 Å². The number of aromatic nitrogens is 1. The molecule has 1 aromatic carbocycles. The van der Waals surface area contributed by atoms with Crippen LogP contribution in [0.2, 0.25) is 0 Å². The van der Waals surface area contributed by atoms with Crippen molar-refractivity contribution in [2.45, 2.75) is 64.2 Å². The lowest BCUT2D eigenvalue weighted by Crippen LogP contribution is -2.65. The average molecular weight is 436 g/mol. The first-order chi connectivity index (χ1) is 15.0. The molecule has 3 aromatic rings. The maximum Gasteiger partial charge on any atom is 0.271 e. The van der Waals surface area contributed by atoms with E-state index in [9.17, 15) is 9.59 Å². The molecule has 1 fully saturated rings. The predicted octanol–water partition coefficient (Wildman–Crippen LogP) is 4.81. The van der Waals surface area contributed by atoms with Crippen molar-refractivity contribution in [2.75, 3.05) is 0 Å².